The van der Waals surface area contributed by atoms with Crippen LogP contribution in [0.5, 0.6) is 0 Å². The fraction of sp³-hybridized carbons (Fsp3) is 0.786. The van der Waals surface area contributed by atoms with Crippen molar-refractivity contribution in [1.29, 1.82) is 0 Å². The van der Waals surface area contributed by atoms with Crippen LogP contribution in [0, 0.1) is 0 Å². The van der Waals surface area contributed by atoms with Crippen molar-refractivity contribution in [3.8, 4) is 0 Å². The standard InChI is InChI=1S/C14H24O3/c1-12(14(15)16)9-7-5-3-2-4-6-8-10-13-11-17-13/h9,13H,2-8,10-11H2,1H3,(H,15,16). The second kappa shape index (κ2) is 8.29. The molecule has 0 amide bonds. The lowest BCUT2D eigenvalue weighted by molar-refractivity contribution is -0.132. The number of aliphatic carboxylic acids is 1. The van der Waals surface area contributed by atoms with Gasteiger partial charge in [-0.05, 0) is 26.2 Å². The minimum atomic E-state index is -0.799. The maximum Gasteiger partial charge on any atom is 0.330 e. The van der Waals surface area contributed by atoms with Gasteiger partial charge in [0.15, 0.2) is 0 Å². The third-order valence-electron chi connectivity index (χ3n) is 3.17. The molecule has 98 valence electrons. The zero-order valence-electron chi connectivity index (χ0n) is 10.8. The van der Waals surface area contributed by atoms with E-state index in [-0.39, 0.29) is 0 Å². The molecule has 1 unspecified atom stereocenters. The van der Waals surface area contributed by atoms with Crippen LogP contribution < -0.4 is 0 Å². The average Bonchev–Trinajstić information content (AvgIpc) is 3.10. The first-order chi connectivity index (χ1) is 8.20. The third-order valence-corrected chi connectivity index (χ3v) is 3.17. The van der Waals surface area contributed by atoms with Gasteiger partial charge in [-0.25, -0.2) is 4.79 Å². The van der Waals surface area contributed by atoms with E-state index in [0.29, 0.717) is 11.7 Å². The molecular formula is C14H24O3. The van der Waals surface area contributed by atoms with Gasteiger partial charge in [0.1, 0.15) is 0 Å². The predicted octanol–water partition coefficient (Wildman–Crippen LogP) is 3.54. The Bertz CT molecular complexity index is 254. The van der Waals surface area contributed by atoms with Gasteiger partial charge in [-0.3, -0.25) is 0 Å². The fourth-order valence-corrected chi connectivity index (χ4v) is 1.86. The second-order valence-corrected chi connectivity index (χ2v) is 4.85. The van der Waals surface area contributed by atoms with Gasteiger partial charge in [0.2, 0.25) is 0 Å². The van der Waals surface area contributed by atoms with Gasteiger partial charge in [-0.15, -0.1) is 0 Å². The molecule has 1 rings (SSSR count). The summed E-state index contributed by atoms with van der Waals surface area (Å²) in [6.07, 6.45) is 12.0. The minimum absolute atomic E-state index is 0.467. The van der Waals surface area contributed by atoms with Crippen molar-refractivity contribution >= 4 is 5.97 Å². The molecule has 0 spiro atoms. The molecule has 3 nitrogen and oxygen atoms in total. The largest absolute Gasteiger partial charge is 0.478 e. The number of carboxylic acids is 1. The molecule has 1 aliphatic rings. The Morgan fingerprint density at radius 1 is 1.24 bits per heavy atom. The van der Waals surface area contributed by atoms with Crippen molar-refractivity contribution in [3.63, 3.8) is 0 Å². The van der Waals surface area contributed by atoms with Crippen LogP contribution in [0.25, 0.3) is 0 Å². The first kappa shape index (κ1) is 14.2. The lowest BCUT2D eigenvalue weighted by atomic mass is 10.1. The summed E-state index contributed by atoms with van der Waals surface area (Å²) < 4.78 is 5.16. The van der Waals surface area contributed by atoms with Gasteiger partial charge in [0.05, 0.1) is 12.7 Å². The summed E-state index contributed by atoms with van der Waals surface area (Å²) in [5, 5.41) is 8.65. The molecule has 1 saturated heterocycles. The molecule has 1 aliphatic heterocycles. The monoisotopic (exact) mass is 240 g/mol. The Labute approximate surface area is 104 Å². The Hall–Kier alpha value is -0.830. The summed E-state index contributed by atoms with van der Waals surface area (Å²) in [6.45, 7) is 2.64. The molecule has 0 saturated carbocycles. The number of rotatable bonds is 10. The number of hydrogen-bond acceptors (Lipinski definition) is 2. The van der Waals surface area contributed by atoms with Crippen LogP contribution in [0.1, 0.15) is 58.3 Å². The van der Waals surface area contributed by atoms with E-state index in [2.05, 4.69) is 0 Å². The maximum atomic E-state index is 10.5. The zero-order valence-corrected chi connectivity index (χ0v) is 10.8. The van der Waals surface area contributed by atoms with E-state index in [0.717, 1.165) is 19.4 Å². The van der Waals surface area contributed by atoms with E-state index in [1.54, 1.807) is 6.92 Å². The van der Waals surface area contributed by atoms with Crippen molar-refractivity contribution in [2.45, 2.75) is 64.4 Å². The molecule has 17 heavy (non-hydrogen) atoms. The van der Waals surface area contributed by atoms with Gasteiger partial charge in [0, 0.05) is 5.57 Å². The van der Waals surface area contributed by atoms with Crippen LogP contribution in [0.4, 0.5) is 0 Å². The predicted molar refractivity (Wildman–Crippen MR) is 68.1 cm³/mol. The molecule has 0 aromatic rings. The highest BCUT2D eigenvalue weighted by Gasteiger charge is 2.20. The number of allylic oxidation sites excluding steroid dienone is 1. The van der Waals surface area contributed by atoms with Gasteiger partial charge in [0.25, 0.3) is 0 Å². The van der Waals surface area contributed by atoms with Gasteiger partial charge in [-0.1, -0.05) is 38.2 Å². The molecule has 0 aromatic heterocycles. The van der Waals surface area contributed by atoms with Crippen molar-refractivity contribution in [2.24, 2.45) is 0 Å². The third kappa shape index (κ3) is 7.97. The van der Waals surface area contributed by atoms with Crippen molar-refractivity contribution < 1.29 is 14.6 Å². The molecule has 1 fully saturated rings. The van der Waals surface area contributed by atoms with Crippen molar-refractivity contribution in [3.05, 3.63) is 11.6 Å². The van der Waals surface area contributed by atoms with E-state index in [9.17, 15) is 4.79 Å². The molecule has 3 heteroatoms. The maximum absolute atomic E-state index is 10.5. The summed E-state index contributed by atoms with van der Waals surface area (Å²) in [5.74, 6) is -0.799. The minimum Gasteiger partial charge on any atom is -0.478 e. The number of ether oxygens (including phenoxy) is 1. The Balaban J connectivity index is 1.80. The number of carboxylic acid groups (broad SMARTS) is 1. The Kier molecular flexibility index (Phi) is 6.94. The number of carbonyl (C=O) groups is 1. The molecule has 0 radical (unpaired) electrons. The highest BCUT2D eigenvalue weighted by molar-refractivity contribution is 5.85. The fourth-order valence-electron chi connectivity index (χ4n) is 1.86. The second-order valence-electron chi connectivity index (χ2n) is 4.85. The SMILES string of the molecule is CC(=CCCCCCCCCC1CO1)C(=O)O. The van der Waals surface area contributed by atoms with Crippen LogP contribution >= 0.6 is 0 Å². The lowest BCUT2D eigenvalue weighted by Crippen LogP contribution is -1.95. The first-order valence-electron chi connectivity index (χ1n) is 6.72. The van der Waals surface area contributed by atoms with E-state index < -0.39 is 5.97 Å². The summed E-state index contributed by atoms with van der Waals surface area (Å²) in [4.78, 5) is 10.5. The highest BCUT2D eigenvalue weighted by atomic mass is 16.6. The number of unbranched alkanes of at least 4 members (excludes halogenated alkanes) is 6. The summed E-state index contributed by atoms with van der Waals surface area (Å²) in [5.41, 5.74) is 0.467. The summed E-state index contributed by atoms with van der Waals surface area (Å²) in [6, 6.07) is 0. The van der Waals surface area contributed by atoms with Crippen LogP contribution in [0.3, 0.4) is 0 Å². The average molecular weight is 240 g/mol. The van der Waals surface area contributed by atoms with Crippen molar-refractivity contribution in [2.75, 3.05) is 6.61 Å². The number of hydrogen-bond donors (Lipinski definition) is 1. The van der Waals surface area contributed by atoms with Gasteiger partial charge < -0.3 is 9.84 Å². The first-order valence-corrected chi connectivity index (χ1v) is 6.72. The van der Waals surface area contributed by atoms with Crippen LogP contribution in [-0.2, 0) is 9.53 Å². The molecule has 1 atom stereocenters. The lowest BCUT2D eigenvalue weighted by Gasteiger charge is -2.00. The quantitative estimate of drug-likeness (QED) is 0.361. The molecule has 0 aromatic carbocycles. The zero-order chi connectivity index (χ0) is 12.5. The van der Waals surface area contributed by atoms with Gasteiger partial charge >= 0.3 is 5.97 Å². The Morgan fingerprint density at radius 3 is 2.41 bits per heavy atom. The molecular weight excluding hydrogens is 216 g/mol. The highest BCUT2D eigenvalue weighted by Crippen LogP contribution is 2.18. The molecule has 0 aliphatic carbocycles. The van der Waals surface area contributed by atoms with Gasteiger partial charge in [-0.2, -0.15) is 0 Å². The van der Waals surface area contributed by atoms with Crippen molar-refractivity contribution in [1.82, 2.24) is 0 Å². The van der Waals surface area contributed by atoms with E-state index in [4.69, 9.17) is 9.84 Å². The molecule has 1 N–H and O–H groups in total. The summed E-state index contributed by atoms with van der Waals surface area (Å²) >= 11 is 0. The van der Waals surface area contributed by atoms with Crippen LogP contribution in [0.2, 0.25) is 0 Å². The van der Waals surface area contributed by atoms with Crippen LogP contribution in [0.15, 0.2) is 11.6 Å². The molecule has 1 heterocycles. The summed E-state index contributed by atoms with van der Waals surface area (Å²) in [7, 11) is 0. The Morgan fingerprint density at radius 2 is 1.82 bits per heavy atom. The topological polar surface area (TPSA) is 49.8 Å². The van der Waals surface area contributed by atoms with E-state index >= 15 is 0 Å². The van der Waals surface area contributed by atoms with E-state index in [1.165, 1.54) is 38.5 Å². The number of epoxide rings is 1. The molecule has 0 bridgehead atoms. The smallest absolute Gasteiger partial charge is 0.330 e. The van der Waals surface area contributed by atoms with Crippen LogP contribution in [-0.4, -0.2) is 23.8 Å². The van der Waals surface area contributed by atoms with E-state index in [1.807, 2.05) is 6.08 Å². The normalized spacial score (nSPS) is 19.4.